The van der Waals surface area contributed by atoms with Gasteiger partial charge < -0.3 is 20.1 Å². The van der Waals surface area contributed by atoms with Gasteiger partial charge in [0.05, 0.1) is 23.9 Å². The summed E-state index contributed by atoms with van der Waals surface area (Å²) in [4.78, 5) is 14.9. The molecule has 150 valence electrons. The number of aliphatic hydroxyl groups is 1. The number of carbonyl (C=O) groups excluding carboxylic acids is 1. The predicted octanol–water partition coefficient (Wildman–Crippen LogP) is 5.34. The number of methoxy groups -OCH3 is 1. The van der Waals surface area contributed by atoms with Crippen LogP contribution in [0.2, 0.25) is 10.0 Å². The lowest BCUT2D eigenvalue weighted by Crippen LogP contribution is -2.44. The summed E-state index contributed by atoms with van der Waals surface area (Å²) in [5.74, 6) is 0.748. The van der Waals surface area contributed by atoms with Crippen molar-refractivity contribution in [2.75, 3.05) is 12.4 Å². The van der Waals surface area contributed by atoms with Crippen LogP contribution in [0.3, 0.4) is 0 Å². The lowest BCUT2D eigenvalue weighted by Gasteiger charge is -2.36. The molecule has 2 aromatic carbocycles. The van der Waals surface area contributed by atoms with E-state index in [0.717, 1.165) is 24.2 Å². The molecule has 0 aromatic heterocycles. The number of benzene rings is 2. The maximum atomic E-state index is 13.1. The summed E-state index contributed by atoms with van der Waals surface area (Å²) in [6, 6.07) is 12.5. The third-order valence-corrected chi connectivity index (χ3v) is 5.58. The van der Waals surface area contributed by atoms with E-state index in [1.165, 1.54) is 0 Å². The normalized spacial score (nSPS) is 19.1. The summed E-state index contributed by atoms with van der Waals surface area (Å²) in [5, 5.41) is 13.6. The number of halogens is 2. The van der Waals surface area contributed by atoms with Crippen molar-refractivity contribution in [1.82, 2.24) is 4.90 Å². The molecule has 7 heteroatoms. The van der Waals surface area contributed by atoms with Crippen LogP contribution in [0.15, 0.2) is 42.5 Å². The van der Waals surface area contributed by atoms with Crippen LogP contribution in [0.5, 0.6) is 5.75 Å². The molecule has 1 fully saturated rings. The highest BCUT2D eigenvalue weighted by Crippen LogP contribution is 2.29. The van der Waals surface area contributed by atoms with Crippen molar-refractivity contribution in [3.8, 4) is 5.75 Å². The maximum absolute atomic E-state index is 13.1. The average molecular weight is 423 g/mol. The second-order valence-corrected chi connectivity index (χ2v) is 7.84. The summed E-state index contributed by atoms with van der Waals surface area (Å²) in [7, 11) is 1.62. The average Bonchev–Trinajstić information content (AvgIpc) is 2.69. The Morgan fingerprint density at radius 1 is 1.18 bits per heavy atom. The molecule has 5 nitrogen and oxygen atoms in total. The molecule has 2 amide bonds. The molecule has 1 aliphatic rings. The van der Waals surface area contributed by atoms with E-state index in [1.54, 1.807) is 25.3 Å². The monoisotopic (exact) mass is 422 g/mol. The summed E-state index contributed by atoms with van der Waals surface area (Å²) >= 11 is 12.2. The molecular formula is C21H24Cl2N2O3. The fourth-order valence-corrected chi connectivity index (χ4v) is 3.94. The highest BCUT2D eigenvalue weighted by atomic mass is 35.5. The van der Waals surface area contributed by atoms with Crippen LogP contribution in [0.4, 0.5) is 10.5 Å². The Kier molecular flexibility index (Phi) is 7.05. The Balaban J connectivity index is 1.81. The molecule has 0 bridgehead atoms. The standard InChI is InChI=1S/C21H24Cl2N2O3/c1-28-18-4-2-3-14(11-18)13-25(16-6-8-17(26)9-7-16)21(27)24-20-10-5-15(22)12-19(20)23/h2-5,10-12,16-17,26H,6-9,13H2,1H3,(H,24,27). The van der Waals surface area contributed by atoms with Crippen LogP contribution in [0, 0.1) is 0 Å². The fourth-order valence-electron chi connectivity index (χ4n) is 3.48. The first kappa shape index (κ1) is 20.8. The number of nitrogens with zero attached hydrogens (tertiary/aromatic N) is 1. The number of hydrogen-bond donors (Lipinski definition) is 2. The molecule has 0 spiro atoms. The second kappa shape index (κ2) is 9.50. The maximum Gasteiger partial charge on any atom is 0.322 e. The Labute approximate surface area is 175 Å². The summed E-state index contributed by atoms with van der Waals surface area (Å²) in [5.41, 5.74) is 1.49. The highest BCUT2D eigenvalue weighted by molar-refractivity contribution is 6.36. The molecule has 0 aliphatic heterocycles. The lowest BCUT2D eigenvalue weighted by molar-refractivity contribution is 0.0849. The quantitative estimate of drug-likeness (QED) is 0.683. The van der Waals surface area contributed by atoms with Gasteiger partial charge in [-0.3, -0.25) is 0 Å². The van der Waals surface area contributed by atoms with Gasteiger partial charge in [-0.05, 0) is 61.6 Å². The summed E-state index contributed by atoms with van der Waals surface area (Å²) < 4.78 is 5.30. The van der Waals surface area contributed by atoms with Gasteiger partial charge in [0, 0.05) is 17.6 Å². The summed E-state index contributed by atoms with van der Waals surface area (Å²) in [6.07, 6.45) is 2.60. The molecule has 1 aliphatic carbocycles. The third kappa shape index (κ3) is 5.31. The Morgan fingerprint density at radius 2 is 1.93 bits per heavy atom. The number of nitrogens with one attached hydrogen (secondary N) is 1. The molecule has 0 unspecified atom stereocenters. The van der Waals surface area contributed by atoms with Crippen molar-refractivity contribution >= 4 is 34.9 Å². The van der Waals surface area contributed by atoms with Crippen molar-refractivity contribution in [3.63, 3.8) is 0 Å². The highest BCUT2D eigenvalue weighted by Gasteiger charge is 2.28. The number of urea groups is 1. The molecule has 28 heavy (non-hydrogen) atoms. The second-order valence-electron chi connectivity index (χ2n) is 7.00. The smallest absolute Gasteiger partial charge is 0.322 e. The first-order valence-corrected chi connectivity index (χ1v) is 10.1. The number of ether oxygens (including phenoxy) is 1. The number of carbonyl (C=O) groups is 1. The van der Waals surface area contributed by atoms with Gasteiger partial charge in [0.2, 0.25) is 0 Å². The van der Waals surface area contributed by atoms with E-state index in [4.69, 9.17) is 27.9 Å². The van der Waals surface area contributed by atoms with Crippen molar-refractivity contribution in [2.24, 2.45) is 0 Å². The largest absolute Gasteiger partial charge is 0.497 e. The number of hydrogen-bond acceptors (Lipinski definition) is 3. The SMILES string of the molecule is COc1cccc(CN(C(=O)Nc2ccc(Cl)cc2Cl)C2CCC(O)CC2)c1. The van der Waals surface area contributed by atoms with Crippen molar-refractivity contribution in [3.05, 3.63) is 58.1 Å². The van der Waals surface area contributed by atoms with Gasteiger partial charge in [0.25, 0.3) is 0 Å². The van der Waals surface area contributed by atoms with Gasteiger partial charge in [-0.1, -0.05) is 35.3 Å². The van der Waals surface area contributed by atoms with Crippen LogP contribution >= 0.6 is 23.2 Å². The molecule has 2 aromatic rings. The molecule has 0 heterocycles. The first-order chi connectivity index (χ1) is 13.5. The number of aliphatic hydroxyl groups excluding tert-OH is 1. The number of amides is 2. The zero-order valence-electron chi connectivity index (χ0n) is 15.7. The van der Waals surface area contributed by atoms with Crippen LogP contribution in [0.25, 0.3) is 0 Å². The van der Waals surface area contributed by atoms with Gasteiger partial charge in [-0.2, -0.15) is 0 Å². The predicted molar refractivity (Wildman–Crippen MR) is 112 cm³/mol. The Morgan fingerprint density at radius 3 is 2.61 bits per heavy atom. The number of anilines is 1. The van der Waals surface area contributed by atoms with Crippen molar-refractivity contribution in [2.45, 2.75) is 44.4 Å². The van der Waals surface area contributed by atoms with E-state index in [-0.39, 0.29) is 18.2 Å². The van der Waals surface area contributed by atoms with Gasteiger partial charge in [-0.15, -0.1) is 0 Å². The van der Waals surface area contributed by atoms with E-state index in [1.807, 2.05) is 29.2 Å². The topological polar surface area (TPSA) is 61.8 Å². The minimum absolute atomic E-state index is 0.0423. The van der Waals surface area contributed by atoms with Crippen molar-refractivity contribution in [1.29, 1.82) is 0 Å². The first-order valence-electron chi connectivity index (χ1n) is 9.30. The van der Waals surface area contributed by atoms with Gasteiger partial charge in [0.15, 0.2) is 0 Å². The van der Waals surface area contributed by atoms with Gasteiger partial charge in [-0.25, -0.2) is 4.79 Å². The lowest BCUT2D eigenvalue weighted by atomic mass is 9.92. The minimum Gasteiger partial charge on any atom is -0.497 e. The van der Waals surface area contributed by atoms with E-state index in [9.17, 15) is 9.90 Å². The fraction of sp³-hybridized carbons (Fsp3) is 0.381. The van der Waals surface area contributed by atoms with E-state index < -0.39 is 0 Å². The van der Waals surface area contributed by atoms with Gasteiger partial charge in [0.1, 0.15) is 5.75 Å². The molecule has 0 saturated heterocycles. The number of rotatable bonds is 5. The zero-order chi connectivity index (χ0) is 20.1. The summed E-state index contributed by atoms with van der Waals surface area (Å²) in [6.45, 7) is 0.439. The van der Waals surface area contributed by atoms with Crippen LogP contribution in [-0.4, -0.2) is 35.3 Å². The third-order valence-electron chi connectivity index (χ3n) is 5.03. The zero-order valence-corrected chi connectivity index (χ0v) is 17.2. The van der Waals surface area contributed by atoms with Crippen LogP contribution in [0.1, 0.15) is 31.2 Å². The van der Waals surface area contributed by atoms with E-state index in [0.29, 0.717) is 35.1 Å². The molecule has 0 radical (unpaired) electrons. The van der Waals surface area contributed by atoms with Crippen LogP contribution in [-0.2, 0) is 6.54 Å². The molecule has 2 N–H and O–H groups in total. The Hall–Kier alpha value is -1.95. The molecule has 1 saturated carbocycles. The van der Waals surface area contributed by atoms with E-state index >= 15 is 0 Å². The van der Waals surface area contributed by atoms with Gasteiger partial charge >= 0.3 is 6.03 Å². The molecular weight excluding hydrogens is 399 g/mol. The van der Waals surface area contributed by atoms with Crippen LogP contribution < -0.4 is 10.1 Å². The van der Waals surface area contributed by atoms with Crippen molar-refractivity contribution < 1.29 is 14.6 Å². The minimum atomic E-state index is -0.288. The van der Waals surface area contributed by atoms with E-state index in [2.05, 4.69) is 5.32 Å². The molecule has 0 atom stereocenters. The molecule has 3 rings (SSSR count). The Bertz CT molecular complexity index is 823.